The number of primary amides is 1. The van der Waals surface area contributed by atoms with Crippen LogP contribution in [0.1, 0.15) is 0 Å². The van der Waals surface area contributed by atoms with Crippen LogP contribution in [0, 0.1) is 6.42 Å². The molecule has 0 saturated heterocycles. The van der Waals surface area contributed by atoms with Gasteiger partial charge in [0.25, 0.3) is 0 Å². The van der Waals surface area contributed by atoms with Gasteiger partial charge in [0.1, 0.15) is 0 Å². The van der Waals surface area contributed by atoms with Crippen LogP contribution in [-0.4, -0.2) is 17.0 Å². The van der Waals surface area contributed by atoms with Crippen molar-refractivity contribution in [1.82, 2.24) is 0 Å². The molecule has 1 radical (unpaired) electrons. The van der Waals surface area contributed by atoms with Gasteiger partial charge in [-0.15, -0.1) is 0 Å². The number of amides is 1. The van der Waals surface area contributed by atoms with Gasteiger partial charge in [-0.25, -0.2) is 0 Å². The minimum absolute atomic E-state index is 0.389. The van der Waals surface area contributed by atoms with Crippen LogP contribution >= 0.6 is 0 Å². The maximum absolute atomic E-state index is 9.60. The molecule has 0 unspecified atom stereocenters. The van der Waals surface area contributed by atoms with Crippen molar-refractivity contribution in [2.45, 2.75) is 0 Å². The zero-order chi connectivity index (χ0) is 5.86. The zero-order valence-corrected chi connectivity index (χ0v) is 3.42. The highest BCUT2D eigenvalue weighted by Crippen LogP contribution is 1.69. The van der Waals surface area contributed by atoms with Gasteiger partial charge in [-0.05, 0) is 0 Å². The van der Waals surface area contributed by atoms with Crippen molar-refractivity contribution < 1.29 is 14.7 Å². The van der Waals surface area contributed by atoms with E-state index in [-0.39, 0.29) is 0 Å². The van der Waals surface area contributed by atoms with Crippen LogP contribution < -0.4 is 5.73 Å². The molecule has 0 bridgehead atoms. The fourth-order valence-electron chi connectivity index (χ4n) is 0.122. The first-order valence-electron chi connectivity index (χ1n) is 1.50. The molecule has 0 rings (SSSR count). The molecule has 0 aromatic rings. The Morgan fingerprint density at radius 1 is 1.57 bits per heavy atom. The van der Waals surface area contributed by atoms with Crippen LogP contribution in [0.3, 0.4) is 0 Å². The van der Waals surface area contributed by atoms with E-state index in [1.807, 2.05) is 0 Å². The molecular formula is C3H4NO3. The summed E-state index contributed by atoms with van der Waals surface area (Å²) in [6.45, 7) is 0. The first-order valence-corrected chi connectivity index (χ1v) is 1.50. The van der Waals surface area contributed by atoms with E-state index in [1.54, 1.807) is 0 Å². The molecule has 0 aromatic heterocycles. The highest BCUT2D eigenvalue weighted by molar-refractivity contribution is 6.04. The van der Waals surface area contributed by atoms with E-state index in [0.29, 0.717) is 6.42 Å². The molecule has 0 aliphatic heterocycles. The van der Waals surface area contributed by atoms with E-state index in [9.17, 15) is 9.59 Å². The number of rotatable bonds is 2. The quantitative estimate of drug-likeness (QED) is 0.428. The summed E-state index contributed by atoms with van der Waals surface area (Å²) in [6, 6.07) is 0. The molecule has 0 heterocycles. The van der Waals surface area contributed by atoms with E-state index in [4.69, 9.17) is 5.11 Å². The summed E-state index contributed by atoms with van der Waals surface area (Å²) in [7, 11) is 0. The Kier molecular flexibility index (Phi) is 1.84. The van der Waals surface area contributed by atoms with Gasteiger partial charge in [0.2, 0.25) is 5.91 Å². The molecule has 4 nitrogen and oxygen atoms in total. The van der Waals surface area contributed by atoms with Gasteiger partial charge in [-0.1, -0.05) is 0 Å². The maximum atomic E-state index is 9.60. The number of nitrogens with two attached hydrogens (primary N) is 1. The monoisotopic (exact) mass is 102 g/mol. The highest BCUT2D eigenvalue weighted by Gasteiger charge is 2.00. The molecule has 7 heavy (non-hydrogen) atoms. The number of carbonyl (C=O) groups is 2. The minimum Gasteiger partial charge on any atom is -0.481 e. The normalized spacial score (nSPS) is 8.00. The van der Waals surface area contributed by atoms with Crippen LogP contribution in [-0.2, 0) is 9.59 Å². The predicted octanol–water partition coefficient (Wildman–Crippen LogP) is -1.24. The Balaban J connectivity index is 3.32. The summed E-state index contributed by atoms with van der Waals surface area (Å²) in [6.07, 6.45) is 0.389. The average molecular weight is 102 g/mol. The third-order valence-corrected chi connectivity index (χ3v) is 0.266. The highest BCUT2D eigenvalue weighted by atomic mass is 16.4. The van der Waals surface area contributed by atoms with Crippen molar-refractivity contribution in [3.8, 4) is 0 Å². The van der Waals surface area contributed by atoms with Gasteiger partial charge >= 0.3 is 5.97 Å². The van der Waals surface area contributed by atoms with Crippen molar-refractivity contribution >= 4 is 11.9 Å². The molecule has 0 aliphatic carbocycles. The molecule has 4 heteroatoms. The number of carboxylic acid groups (broad SMARTS) is 1. The van der Waals surface area contributed by atoms with Crippen molar-refractivity contribution in [2.75, 3.05) is 0 Å². The molecule has 39 valence electrons. The fraction of sp³-hybridized carbons (Fsp3) is 0. The molecule has 0 atom stereocenters. The van der Waals surface area contributed by atoms with Crippen LogP contribution in [0.5, 0.6) is 0 Å². The molecule has 1 amide bonds. The molecule has 0 aromatic carbocycles. The second-order valence-electron chi connectivity index (χ2n) is 0.885. The number of aliphatic carboxylic acids is 1. The second kappa shape index (κ2) is 2.17. The fourth-order valence-corrected chi connectivity index (χ4v) is 0.122. The van der Waals surface area contributed by atoms with E-state index < -0.39 is 11.9 Å². The van der Waals surface area contributed by atoms with Gasteiger partial charge in [-0.2, -0.15) is 0 Å². The third-order valence-electron chi connectivity index (χ3n) is 0.266. The van der Waals surface area contributed by atoms with E-state index in [0.717, 1.165) is 0 Å². The third kappa shape index (κ3) is 4.94. The largest absolute Gasteiger partial charge is 0.481 e. The van der Waals surface area contributed by atoms with E-state index in [2.05, 4.69) is 5.73 Å². The van der Waals surface area contributed by atoms with Crippen molar-refractivity contribution in [3.63, 3.8) is 0 Å². The van der Waals surface area contributed by atoms with Crippen LogP contribution in [0.4, 0.5) is 0 Å². The van der Waals surface area contributed by atoms with Crippen molar-refractivity contribution in [1.29, 1.82) is 0 Å². The SMILES string of the molecule is NC(=O)[CH]C(=O)O. The lowest BCUT2D eigenvalue weighted by atomic mass is 10.4. The van der Waals surface area contributed by atoms with Gasteiger partial charge in [-0.3, -0.25) is 9.59 Å². The lowest BCUT2D eigenvalue weighted by Gasteiger charge is -1.80. The summed E-state index contributed by atoms with van der Waals surface area (Å²) in [5, 5.41) is 7.73. The molecule has 0 fully saturated rings. The van der Waals surface area contributed by atoms with E-state index >= 15 is 0 Å². The smallest absolute Gasteiger partial charge is 0.317 e. The first-order chi connectivity index (χ1) is 3.13. The summed E-state index contributed by atoms with van der Waals surface area (Å²) in [5.74, 6) is -2.25. The molecule has 0 saturated carbocycles. The average Bonchev–Trinajstić information content (AvgIpc) is 1.27. The van der Waals surface area contributed by atoms with Crippen LogP contribution in [0.2, 0.25) is 0 Å². The Hall–Kier alpha value is -1.06. The number of hydrogen-bond donors (Lipinski definition) is 2. The predicted molar refractivity (Wildman–Crippen MR) is 21.1 cm³/mol. The number of carbonyl (C=O) groups excluding carboxylic acids is 1. The Labute approximate surface area is 39.9 Å². The summed E-state index contributed by atoms with van der Waals surface area (Å²) >= 11 is 0. The van der Waals surface area contributed by atoms with Crippen molar-refractivity contribution in [3.05, 3.63) is 6.42 Å². The van der Waals surface area contributed by atoms with Gasteiger partial charge in [0.15, 0.2) is 6.42 Å². The lowest BCUT2D eigenvalue weighted by molar-refractivity contribution is -0.135. The second-order valence-corrected chi connectivity index (χ2v) is 0.885. The van der Waals surface area contributed by atoms with Gasteiger partial charge in [0.05, 0.1) is 0 Å². The standard InChI is InChI=1S/C3H4NO3/c4-2(5)1-3(6)7/h1H,(H2,4,5)(H,6,7). The minimum atomic E-state index is -1.31. The number of carboxylic acids is 1. The zero-order valence-electron chi connectivity index (χ0n) is 3.42. The lowest BCUT2D eigenvalue weighted by Crippen LogP contribution is -2.16. The maximum Gasteiger partial charge on any atom is 0.317 e. The van der Waals surface area contributed by atoms with Crippen LogP contribution in [0.15, 0.2) is 0 Å². The summed E-state index contributed by atoms with van der Waals surface area (Å²) < 4.78 is 0. The van der Waals surface area contributed by atoms with Gasteiger partial charge in [0, 0.05) is 0 Å². The summed E-state index contributed by atoms with van der Waals surface area (Å²) in [5.41, 5.74) is 4.42. The van der Waals surface area contributed by atoms with Crippen molar-refractivity contribution in [2.24, 2.45) is 5.73 Å². The van der Waals surface area contributed by atoms with Crippen LogP contribution in [0.25, 0.3) is 0 Å². The van der Waals surface area contributed by atoms with Gasteiger partial charge < -0.3 is 10.8 Å². The number of hydrogen-bond acceptors (Lipinski definition) is 2. The topological polar surface area (TPSA) is 80.4 Å². The molecule has 0 aliphatic rings. The molecule has 0 spiro atoms. The Morgan fingerprint density at radius 3 is 2.00 bits per heavy atom. The summed E-state index contributed by atoms with van der Waals surface area (Å²) in [4.78, 5) is 19.0. The Bertz CT molecular complexity index is 86.4. The van der Waals surface area contributed by atoms with E-state index in [1.165, 1.54) is 0 Å². The first kappa shape index (κ1) is 5.94. The molecule has 3 N–H and O–H groups in total. The Morgan fingerprint density at radius 2 is 2.00 bits per heavy atom. The molecular weight excluding hydrogens is 98.0 g/mol.